The van der Waals surface area contributed by atoms with Crippen molar-refractivity contribution in [1.82, 2.24) is 0 Å². The molecule has 1 saturated heterocycles. The summed E-state index contributed by atoms with van der Waals surface area (Å²) in [5.41, 5.74) is -0.761. The van der Waals surface area contributed by atoms with Crippen molar-refractivity contribution in [3.05, 3.63) is 23.8 Å². The van der Waals surface area contributed by atoms with Gasteiger partial charge < -0.3 is 20.1 Å². The largest absolute Gasteiger partial charge is 0.392 e. The maximum Gasteiger partial charge on any atom is 0.194 e. The number of carbonyl (C=O) groups is 1. The number of ketones is 1. The van der Waals surface area contributed by atoms with Crippen LogP contribution in [-0.4, -0.2) is 51.6 Å². The molecule has 0 aromatic heterocycles. The van der Waals surface area contributed by atoms with E-state index in [-0.39, 0.29) is 18.3 Å². The molecule has 3 aliphatic rings. The van der Waals surface area contributed by atoms with E-state index in [2.05, 4.69) is 6.58 Å². The van der Waals surface area contributed by atoms with E-state index in [0.717, 1.165) is 0 Å². The van der Waals surface area contributed by atoms with E-state index >= 15 is 0 Å². The third-order valence-corrected chi connectivity index (χ3v) is 5.45. The molecular weight excluding hydrogens is 260 g/mol. The minimum atomic E-state index is -1.14. The average molecular weight is 280 g/mol. The van der Waals surface area contributed by atoms with E-state index in [1.165, 1.54) is 6.08 Å². The molecule has 1 aliphatic heterocycles. The van der Waals surface area contributed by atoms with Gasteiger partial charge in [-0.25, -0.2) is 0 Å². The molecule has 0 radical (unpaired) electrons. The quantitative estimate of drug-likeness (QED) is 0.487. The Hall–Kier alpha value is -1.01. The summed E-state index contributed by atoms with van der Waals surface area (Å²) in [4.78, 5) is 12.3. The van der Waals surface area contributed by atoms with Crippen LogP contribution in [0, 0.1) is 11.3 Å². The number of epoxide rings is 1. The third-order valence-electron chi connectivity index (χ3n) is 5.45. The normalized spacial score (nSPS) is 50.0. The molecule has 0 amide bonds. The molecule has 0 unspecified atom stereocenters. The second-order valence-corrected chi connectivity index (χ2v) is 6.39. The molecule has 2 aliphatic carbocycles. The second-order valence-electron chi connectivity index (χ2n) is 6.39. The van der Waals surface area contributed by atoms with E-state index in [4.69, 9.17) is 4.74 Å². The monoisotopic (exact) mass is 280 g/mol. The number of rotatable bonds is 2. The lowest BCUT2D eigenvalue weighted by Gasteiger charge is -2.47. The van der Waals surface area contributed by atoms with Crippen molar-refractivity contribution in [2.24, 2.45) is 11.3 Å². The van der Waals surface area contributed by atoms with Crippen LogP contribution in [0.25, 0.3) is 0 Å². The molecule has 6 atom stereocenters. The van der Waals surface area contributed by atoms with E-state index in [1.807, 2.05) is 13.8 Å². The Kier molecular flexibility index (Phi) is 2.80. The van der Waals surface area contributed by atoms with E-state index in [1.54, 1.807) is 0 Å². The molecule has 0 bridgehead atoms. The van der Waals surface area contributed by atoms with Gasteiger partial charge in [-0.2, -0.15) is 0 Å². The number of fused-ring (bicyclic) bond motifs is 3. The Balaban J connectivity index is 2.10. The molecule has 0 aromatic carbocycles. The molecule has 110 valence electrons. The highest BCUT2D eigenvalue weighted by molar-refractivity contribution is 6.05. The summed E-state index contributed by atoms with van der Waals surface area (Å²) in [5, 5.41) is 29.4. The van der Waals surface area contributed by atoms with Gasteiger partial charge in [0.1, 0.15) is 12.2 Å². The predicted molar refractivity (Wildman–Crippen MR) is 70.8 cm³/mol. The summed E-state index contributed by atoms with van der Waals surface area (Å²) >= 11 is 0. The Morgan fingerprint density at radius 1 is 1.55 bits per heavy atom. The van der Waals surface area contributed by atoms with Gasteiger partial charge in [0.05, 0.1) is 12.7 Å². The van der Waals surface area contributed by atoms with E-state index in [9.17, 15) is 20.1 Å². The highest BCUT2D eigenvalue weighted by atomic mass is 16.6. The van der Waals surface area contributed by atoms with Gasteiger partial charge in [-0.3, -0.25) is 4.79 Å². The van der Waals surface area contributed by atoms with Crippen LogP contribution >= 0.6 is 0 Å². The van der Waals surface area contributed by atoms with Crippen LogP contribution in [0.3, 0.4) is 0 Å². The zero-order valence-electron chi connectivity index (χ0n) is 11.7. The molecule has 1 saturated carbocycles. The molecule has 0 spiro atoms. The maximum atomic E-state index is 12.3. The smallest absolute Gasteiger partial charge is 0.194 e. The fourth-order valence-corrected chi connectivity index (χ4v) is 3.89. The molecule has 5 nitrogen and oxygen atoms in total. The molecule has 3 rings (SSSR count). The first-order valence-corrected chi connectivity index (χ1v) is 6.89. The standard InChI is InChI=1S/C15H20O5/c1-7-4-10(17)12(19)9-5-11(18)15(8(2)6-16)13(20-15)14(7,9)3/h5,7,10,12-13,16-17,19H,2,4,6H2,1,3H3/t7-,10-,12-,13+,14-,15+/m0/s1. The molecule has 0 aromatic rings. The molecule has 5 heteroatoms. The van der Waals surface area contributed by atoms with Crippen molar-refractivity contribution < 1.29 is 24.9 Å². The zero-order valence-corrected chi connectivity index (χ0v) is 11.7. The minimum absolute atomic E-state index is 0.0543. The van der Waals surface area contributed by atoms with Gasteiger partial charge in [0, 0.05) is 5.41 Å². The van der Waals surface area contributed by atoms with Gasteiger partial charge in [0.25, 0.3) is 0 Å². The summed E-state index contributed by atoms with van der Waals surface area (Å²) < 4.78 is 5.70. The van der Waals surface area contributed by atoms with Crippen LogP contribution in [0.2, 0.25) is 0 Å². The SMILES string of the molecule is C=C(CO)[C@]12O[C@@H]1[C@]1(C)C(=CC2=O)[C@H](O)[C@@H](O)C[C@@H]1C. The number of aliphatic hydroxyl groups excluding tert-OH is 3. The van der Waals surface area contributed by atoms with Crippen LogP contribution < -0.4 is 0 Å². The van der Waals surface area contributed by atoms with Crippen LogP contribution in [-0.2, 0) is 9.53 Å². The maximum absolute atomic E-state index is 12.3. The summed E-state index contributed by atoms with van der Waals surface area (Å²) in [6, 6.07) is 0. The lowest BCUT2D eigenvalue weighted by Crippen LogP contribution is -2.54. The molecule has 1 heterocycles. The second kappa shape index (κ2) is 4.01. The molecule has 20 heavy (non-hydrogen) atoms. The summed E-state index contributed by atoms with van der Waals surface area (Å²) in [5.74, 6) is -0.243. The van der Waals surface area contributed by atoms with E-state index < -0.39 is 29.3 Å². The van der Waals surface area contributed by atoms with Crippen molar-refractivity contribution in [2.75, 3.05) is 6.61 Å². The van der Waals surface area contributed by atoms with Crippen LogP contribution in [0.4, 0.5) is 0 Å². The minimum Gasteiger partial charge on any atom is -0.392 e. The van der Waals surface area contributed by atoms with Crippen LogP contribution in [0.1, 0.15) is 20.3 Å². The Morgan fingerprint density at radius 3 is 2.80 bits per heavy atom. The fourth-order valence-electron chi connectivity index (χ4n) is 3.89. The summed E-state index contributed by atoms with van der Waals surface area (Å²) in [6.07, 6.45) is -0.480. The summed E-state index contributed by atoms with van der Waals surface area (Å²) in [7, 11) is 0. The van der Waals surface area contributed by atoms with Crippen molar-refractivity contribution in [2.45, 2.75) is 44.2 Å². The van der Waals surface area contributed by atoms with Crippen molar-refractivity contribution in [3.8, 4) is 0 Å². The Labute approximate surface area is 117 Å². The average Bonchev–Trinajstić information content (AvgIpc) is 3.17. The lowest BCUT2D eigenvalue weighted by atomic mass is 9.56. The Morgan fingerprint density at radius 2 is 2.20 bits per heavy atom. The van der Waals surface area contributed by atoms with Gasteiger partial charge in [0.15, 0.2) is 11.4 Å². The summed E-state index contributed by atoms with van der Waals surface area (Å²) in [6.45, 7) is 7.37. The number of hydrogen-bond donors (Lipinski definition) is 3. The highest BCUT2D eigenvalue weighted by Crippen LogP contribution is 2.63. The van der Waals surface area contributed by atoms with Gasteiger partial charge in [-0.15, -0.1) is 0 Å². The Bertz CT molecular complexity index is 524. The van der Waals surface area contributed by atoms with Gasteiger partial charge in [-0.05, 0) is 29.6 Å². The van der Waals surface area contributed by atoms with Crippen molar-refractivity contribution in [1.29, 1.82) is 0 Å². The third kappa shape index (κ3) is 1.39. The molecular formula is C15H20O5. The molecule has 3 N–H and O–H groups in total. The first-order chi connectivity index (χ1) is 9.30. The van der Waals surface area contributed by atoms with Gasteiger partial charge >= 0.3 is 0 Å². The first kappa shape index (κ1) is 13.9. The van der Waals surface area contributed by atoms with Crippen molar-refractivity contribution >= 4 is 5.78 Å². The number of hydrogen-bond acceptors (Lipinski definition) is 5. The lowest BCUT2D eigenvalue weighted by molar-refractivity contribution is -0.119. The van der Waals surface area contributed by atoms with Gasteiger partial charge in [0.2, 0.25) is 0 Å². The zero-order chi connectivity index (χ0) is 14.9. The van der Waals surface area contributed by atoms with Gasteiger partial charge in [-0.1, -0.05) is 20.4 Å². The van der Waals surface area contributed by atoms with Crippen LogP contribution in [0.5, 0.6) is 0 Å². The number of aliphatic hydroxyl groups is 3. The first-order valence-electron chi connectivity index (χ1n) is 6.89. The van der Waals surface area contributed by atoms with Crippen molar-refractivity contribution in [3.63, 3.8) is 0 Å². The molecule has 2 fully saturated rings. The van der Waals surface area contributed by atoms with E-state index in [0.29, 0.717) is 17.6 Å². The topological polar surface area (TPSA) is 90.3 Å². The number of carbonyl (C=O) groups excluding carboxylic acids is 1. The highest BCUT2D eigenvalue weighted by Gasteiger charge is 2.74. The van der Waals surface area contributed by atoms with Crippen LogP contribution in [0.15, 0.2) is 23.8 Å². The predicted octanol–water partition coefficient (Wildman–Crippen LogP) is -0.0505. The fraction of sp³-hybridized carbons (Fsp3) is 0.667. The number of ether oxygens (including phenoxy) is 1.